The molecule has 4 nitrogen and oxygen atoms in total. The van der Waals surface area contributed by atoms with Crippen molar-refractivity contribution in [3.63, 3.8) is 0 Å². The number of hydrogen-bond acceptors (Lipinski definition) is 2. The molecule has 1 rings (SSSR count). The van der Waals surface area contributed by atoms with Crippen LogP contribution in [0.3, 0.4) is 0 Å². The molecule has 0 unspecified atom stereocenters. The fourth-order valence-corrected chi connectivity index (χ4v) is 1.43. The smallest absolute Gasteiger partial charge is 0.188 e. The zero-order valence-corrected chi connectivity index (χ0v) is 9.83. The number of rotatable bonds is 6. The molecular weight excluding hydrogens is 190 g/mol. The number of nitrogens with two attached hydrogens (primary N) is 1. The van der Waals surface area contributed by atoms with Gasteiger partial charge in [-0.15, -0.1) is 0 Å². The Morgan fingerprint density at radius 3 is 2.80 bits per heavy atom. The second-order valence-electron chi connectivity index (χ2n) is 4.37. The predicted molar refractivity (Wildman–Crippen MR) is 62.9 cm³/mol. The van der Waals surface area contributed by atoms with Crippen LogP contribution in [0.4, 0.5) is 0 Å². The van der Waals surface area contributed by atoms with Crippen LogP contribution in [0, 0.1) is 5.92 Å². The Morgan fingerprint density at radius 2 is 2.27 bits per heavy atom. The van der Waals surface area contributed by atoms with Crippen molar-refractivity contribution in [2.24, 2.45) is 16.6 Å². The van der Waals surface area contributed by atoms with Crippen LogP contribution in [0.15, 0.2) is 4.99 Å². The van der Waals surface area contributed by atoms with Crippen LogP contribution < -0.4 is 11.1 Å². The van der Waals surface area contributed by atoms with Crippen molar-refractivity contribution < 1.29 is 4.74 Å². The normalized spacial score (nSPS) is 17.9. The van der Waals surface area contributed by atoms with Crippen LogP contribution >= 0.6 is 0 Å². The first-order chi connectivity index (χ1) is 7.18. The number of ether oxygens (including phenoxy) is 1. The zero-order valence-electron chi connectivity index (χ0n) is 9.83. The molecule has 4 heteroatoms. The highest BCUT2D eigenvalue weighted by molar-refractivity contribution is 5.77. The van der Waals surface area contributed by atoms with Gasteiger partial charge in [0.15, 0.2) is 5.96 Å². The second-order valence-corrected chi connectivity index (χ2v) is 4.37. The van der Waals surface area contributed by atoms with E-state index >= 15 is 0 Å². The lowest BCUT2D eigenvalue weighted by Gasteiger charge is -2.23. The molecule has 0 aromatic heterocycles. The van der Waals surface area contributed by atoms with E-state index in [1.165, 1.54) is 19.3 Å². The van der Waals surface area contributed by atoms with Crippen molar-refractivity contribution in [2.75, 3.05) is 19.7 Å². The lowest BCUT2D eigenvalue weighted by atomic mass is 9.86. The van der Waals surface area contributed by atoms with E-state index in [9.17, 15) is 0 Å². The monoisotopic (exact) mass is 213 g/mol. The van der Waals surface area contributed by atoms with Gasteiger partial charge in [-0.05, 0) is 32.6 Å². The van der Waals surface area contributed by atoms with Gasteiger partial charge < -0.3 is 15.8 Å². The maximum Gasteiger partial charge on any atom is 0.188 e. The minimum Gasteiger partial charge on any atom is -0.377 e. The summed E-state index contributed by atoms with van der Waals surface area (Å²) in [6.07, 6.45) is 4.26. The van der Waals surface area contributed by atoms with E-state index < -0.39 is 0 Å². The summed E-state index contributed by atoms with van der Waals surface area (Å²) < 4.78 is 5.38. The van der Waals surface area contributed by atoms with Crippen molar-refractivity contribution >= 4 is 5.96 Å². The van der Waals surface area contributed by atoms with Crippen molar-refractivity contribution in [1.82, 2.24) is 5.32 Å². The molecule has 1 aliphatic carbocycles. The number of hydrogen-bond donors (Lipinski definition) is 2. The maximum atomic E-state index is 5.70. The summed E-state index contributed by atoms with van der Waals surface area (Å²) in [6.45, 7) is 6.33. The van der Waals surface area contributed by atoms with Crippen LogP contribution in [-0.4, -0.2) is 31.8 Å². The summed E-state index contributed by atoms with van der Waals surface area (Å²) in [7, 11) is 0. The van der Waals surface area contributed by atoms with Crippen molar-refractivity contribution in [1.29, 1.82) is 0 Å². The molecular formula is C11H23N3O. The van der Waals surface area contributed by atoms with E-state index in [4.69, 9.17) is 10.5 Å². The topological polar surface area (TPSA) is 59.6 Å². The Bertz CT molecular complexity index is 200. The van der Waals surface area contributed by atoms with E-state index in [2.05, 4.69) is 10.3 Å². The largest absolute Gasteiger partial charge is 0.377 e. The summed E-state index contributed by atoms with van der Waals surface area (Å²) >= 11 is 0. The third kappa shape index (κ3) is 5.62. The van der Waals surface area contributed by atoms with Gasteiger partial charge in [-0.1, -0.05) is 6.42 Å². The van der Waals surface area contributed by atoms with Crippen molar-refractivity contribution in [3.8, 4) is 0 Å². The molecule has 0 aromatic carbocycles. The third-order valence-electron chi connectivity index (χ3n) is 2.60. The molecule has 0 amide bonds. The van der Waals surface area contributed by atoms with E-state index in [0.29, 0.717) is 12.6 Å². The molecule has 88 valence electrons. The van der Waals surface area contributed by atoms with E-state index in [1.54, 1.807) is 0 Å². The molecule has 0 bridgehead atoms. The lowest BCUT2D eigenvalue weighted by molar-refractivity contribution is 0.0830. The Kier molecular flexibility index (Phi) is 5.47. The molecule has 0 atom stereocenters. The van der Waals surface area contributed by atoms with Crippen LogP contribution in [0.25, 0.3) is 0 Å². The van der Waals surface area contributed by atoms with Gasteiger partial charge in [0.2, 0.25) is 0 Å². The van der Waals surface area contributed by atoms with Gasteiger partial charge in [-0.3, -0.25) is 4.99 Å². The summed E-state index contributed by atoms with van der Waals surface area (Å²) in [4.78, 5) is 4.29. The number of nitrogens with zero attached hydrogens (tertiary/aromatic N) is 1. The first-order valence-corrected chi connectivity index (χ1v) is 5.84. The summed E-state index contributed by atoms with van der Waals surface area (Å²) in [6, 6.07) is 0. The Labute approximate surface area is 92.3 Å². The van der Waals surface area contributed by atoms with Gasteiger partial charge in [0, 0.05) is 13.1 Å². The quantitative estimate of drug-likeness (QED) is 0.395. The Morgan fingerprint density at radius 1 is 1.53 bits per heavy atom. The average Bonchev–Trinajstić information content (AvgIpc) is 2.09. The highest BCUT2D eigenvalue weighted by Gasteiger charge is 2.16. The van der Waals surface area contributed by atoms with Crippen LogP contribution in [0.2, 0.25) is 0 Å². The lowest BCUT2D eigenvalue weighted by Crippen LogP contribution is -2.35. The molecule has 0 saturated heterocycles. The first kappa shape index (κ1) is 12.3. The SMILES string of the molecule is CC(C)OCCNC(N)=NCC1CCC1. The molecule has 0 aliphatic heterocycles. The molecule has 0 heterocycles. The summed E-state index contributed by atoms with van der Waals surface area (Å²) in [5.74, 6) is 1.33. The van der Waals surface area contributed by atoms with Gasteiger partial charge in [-0.25, -0.2) is 0 Å². The first-order valence-electron chi connectivity index (χ1n) is 5.84. The zero-order chi connectivity index (χ0) is 11.1. The molecule has 15 heavy (non-hydrogen) atoms. The minimum absolute atomic E-state index is 0.278. The van der Waals surface area contributed by atoms with E-state index in [-0.39, 0.29) is 6.10 Å². The Balaban J connectivity index is 1.98. The maximum absolute atomic E-state index is 5.70. The van der Waals surface area contributed by atoms with Crippen LogP contribution in [-0.2, 0) is 4.74 Å². The van der Waals surface area contributed by atoms with Gasteiger partial charge in [-0.2, -0.15) is 0 Å². The highest BCUT2D eigenvalue weighted by Crippen LogP contribution is 2.26. The van der Waals surface area contributed by atoms with Crippen molar-refractivity contribution in [2.45, 2.75) is 39.2 Å². The van der Waals surface area contributed by atoms with E-state index in [0.717, 1.165) is 19.0 Å². The molecule has 3 N–H and O–H groups in total. The van der Waals surface area contributed by atoms with Crippen LogP contribution in [0.1, 0.15) is 33.1 Å². The molecule has 0 radical (unpaired) electrons. The standard InChI is InChI=1S/C11H23N3O/c1-9(2)15-7-6-13-11(12)14-8-10-4-3-5-10/h9-10H,3-8H2,1-2H3,(H3,12,13,14). The molecule has 0 spiro atoms. The molecule has 1 saturated carbocycles. The highest BCUT2D eigenvalue weighted by atomic mass is 16.5. The minimum atomic E-state index is 0.278. The Hall–Kier alpha value is -0.770. The molecule has 0 aromatic rings. The fourth-order valence-electron chi connectivity index (χ4n) is 1.43. The third-order valence-corrected chi connectivity index (χ3v) is 2.60. The van der Waals surface area contributed by atoms with Gasteiger partial charge in [0.05, 0.1) is 12.7 Å². The second kappa shape index (κ2) is 6.67. The van der Waals surface area contributed by atoms with Gasteiger partial charge >= 0.3 is 0 Å². The van der Waals surface area contributed by atoms with E-state index in [1.807, 2.05) is 13.8 Å². The molecule has 1 fully saturated rings. The van der Waals surface area contributed by atoms with Gasteiger partial charge in [0.1, 0.15) is 0 Å². The number of nitrogens with one attached hydrogen (secondary N) is 1. The fraction of sp³-hybridized carbons (Fsp3) is 0.909. The molecule has 1 aliphatic rings. The summed E-state index contributed by atoms with van der Waals surface area (Å²) in [5, 5.41) is 3.04. The van der Waals surface area contributed by atoms with Gasteiger partial charge in [0.25, 0.3) is 0 Å². The van der Waals surface area contributed by atoms with Crippen molar-refractivity contribution in [3.05, 3.63) is 0 Å². The number of guanidine groups is 1. The summed E-state index contributed by atoms with van der Waals surface area (Å²) in [5.41, 5.74) is 5.70. The number of aliphatic imine (C=N–C) groups is 1. The van der Waals surface area contributed by atoms with Crippen LogP contribution in [0.5, 0.6) is 0 Å². The predicted octanol–water partition coefficient (Wildman–Crippen LogP) is 1.12. The average molecular weight is 213 g/mol.